The number of alkyl carbamates (subject to hydrolysis) is 1. The SMILES string of the molecule is COC(=O)C(Cc1ccc(OP2(=S)OCCS2)cc1)NC(=O)OC(C)(C)C. The van der Waals surface area contributed by atoms with Crippen molar-refractivity contribution in [2.24, 2.45) is 0 Å². The third-order valence-corrected chi connectivity index (χ3v) is 8.46. The minimum atomic E-state index is -2.29. The van der Waals surface area contributed by atoms with E-state index in [0.717, 1.165) is 11.3 Å². The van der Waals surface area contributed by atoms with Gasteiger partial charge in [-0.1, -0.05) is 23.5 Å². The lowest BCUT2D eigenvalue weighted by Crippen LogP contribution is -2.45. The maximum Gasteiger partial charge on any atom is 0.408 e. The van der Waals surface area contributed by atoms with Crippen molar-refractivity contribution in [2.75, 3.05) is 19.5 Å². The molecule has 1 N–H and O–H groups in total. The number of hydrogen-bond acceptors (Lipinski definition) is 8. The highest BCUT2D eigenvalue weighted by Crippen LogP contribution is 2.63. The number of nitrogens with one attached hydrogen (secondary N) is 1. The fourth-order valence-corrected chi connectivity index (χ4v) is 6.52. The Labute approximate surface area is 168 Å². The topological polar surface area (TPSA) is 83.1 Å². The van der Waals surface area contributed by atoms with Gasteiger partial charge in [0.05, 0.1) is 13.7 Å². The first-order chi connectivity index (χ1) is 12.6. The quantitative estimate of drug-likeness (QED) is 0.538. The molecule has 1 aromatic rings. The fraction of sp³-hybridized carbons (Fsp3) is 0.529. The van der Waals surface area contributed by atoms with E-state index in [1.807, 2.05) is 12.1 Å². The Balaban J connectivity index is 2.00. The average Bonchev–Trinajstić information content (AvgIpc) is 2.99. The molecule has 1 aliphatic heterocycles. The van der Waals surface area contributed by atoms with E-state index in [-0.39, 0.29) is 6.42 Å². The maximum atomic E-state index is 12.0. The minimum Gasteiger partial charge on any atom is -0.467 e. The number of methoxy groups -OCH3 is 1. The third kappa shape index (κ3) is 7.33. The standard InChI is InChI=1S/C17H24NO6PS2/c1-17(2,3)23-16(20)18-14(15(19)21-4)11-12-5-7-13(8-6-12)24-25(26)22-9-10-27-25/h5-8,14H,9-11H2,1-4H3,(H,18,20). The molecule has 2 rings (SSSR count). The number of carbonyl (C=O) groups excluding carboxylic acids is 2. The first kappa shape index (κ1) is 22.0. The third-order valence-electron chi connectivity index (χ3n) is 3.34. The van der Waals surface area contributed by atoms with Crippen LogP contribution in [0.3, 0.4) is 0 Å². The molecule has 1 heterocycles. The smallest absolute Gasteiger partial charge is 0.408 e. The van der Waals surface area contributed by atoms with Crippen LogP contribution < -0.4 is 9.84 Å². The van der Waals surface area contributed by atoms with Crippen LogP contribution in [0.2, 0.25) is 0 Å². The van der Waals surface area contributed by atoms with Crippen molar-refractivity contribution < 1.29 is 28.1 Å². The van der Waals surface area contributed by atoms with Crippen LogP contribution in [0.4, 0.5) is 4.79 Å². The van der Waals surface area contributed by atoms with Gasteiger partial charge in [0.25, 0.3) is 5.69 Å². The summed E-state index contributed by atoms with van der Waals surface area (Å²) in [5.41, 5.74) is -2.13. The molecular formula is C17H24NO6PS2. The average molecular weight is 433 g/mol. The zero-order chi connectivity index (χ0) is 20.1. The summed E-state index contributed by atoms with van der Waals surface area (Å²) in [6, 6.07) is 6.30. The van der Waals surface area contributed by atoms with Gasteiger partial charge in [-0.15, -0.1) is 0 Å². The van der Waals surface area contributed by atoms with Crippen LogP contribution in [0, 0.1) is 0 Å². The fourth-order valence-electron chi connectivity index (χ4n) is 2.22. The summed E-state index contributed by atoms with van der Waals surface area (Å²) in [6.07, 6.45) is -0.419. The van der Waals surface area contributed by atoms with E-state index in [4.69, 9.17) is 30.3 Å². The van der Waals surface area contributed by atoms with E-state index >= 15 is 0 Å². The highest BCUT2D eigenvalue weighted by Gasteiger charge is 2.28. The zero-order valence-electron chi connectivity index (χ0n) is 15.7. The van der Waals surface area contributed by atoms with Crippen LogP contribution in [0.25, 0.3) is 0 Å². The van der Waals surface area contributed by atoms with Gasteiger partial charge < -0.3 is 23.8 Å². The highest BCUT2D eigenvalue weighted by molar-refractivity contribution is 8.68. The Hall–Kier alpha value is -1.28. The van der Waals surface area contributed by atoms with E-state index in [2.05, 4.69) is 5.32 Å². The second-order valence-electron chi connectivity index (χ2n) is 6.77. The second-order valence-corrected chi connectivity index (χ2v) is 13.1. The van der Waals surface area contributed by atoms with Crippen LogP contribution in [0.5, 0.6) is 5.75 Å². The lowest BCUT2D eigenvalue weighted by molar-refractivity contribution is -0.143. The molecule has 150 valence electrons. The normalized spacial score (nSPS) is 20.6. The molecule has 2 atom stereocenters. The van der Waals surface area contributed by atoms with E-state index in [1.54, 1.807) is 32.9 Å². The molecule has 1 amide bonds. The summed E-state index contributed by atoms with van der Waals surface area (Å²) in [7, 11) is 1.27. The molecule has 1 aliphatic rings. The van der Waals surface area contributed by atoms with Crippen molar-refractivity contribution >= 4 is 40.9 Å². The lowest BCUT2D eigenvalue weighted by atomic mass is 10.1. The Morgan fingerprint density at radius 3 is 2.52 bits per heavy atom. The number of amides is 1. The van der Waals surface area contributed by atoms with Crippen LogP contribution >= 0.6 is 17.1 Å². The van der Waals surface area contributed by atoms with E-state index < -0.39 is 29.4 Å². The summed E-state index contributed by atoms with van der Waals surface area (Å²) in [5, 5.41) is 2.55. The van der Waals surface area contributed by atoms with Crippen molar-refractivity contribution in [2.45, 2.75) is 38.8 Å². The Bertz CT molecular complexity index is 709. The minimum absolute atomic E-state index is 0.256. The zero-order valence-corrected chi connectivity index (χ0v) is 18.2. The molecule has 0 aromatic heterocycles. The van der Waals surface area contributed by atoms with Crippen molar-refractivity contribution in [3.8, 4) is 5.75 Å². The molecule has 0 saturated carbocycles. The monoisotopic (exact) mass is 433 g/mol. The maximum absolute atomic E-state index is 12.0. The second kappa shape index (κ2) is 9.28. The van der Waals surface area contributed by atoms with Crippen molar-refractivity contribution in [1.29, 1.82) is 0 Å². The predicted molar refractivity (Wildman–Crippen MR) is 109 cm³/mol. The molecule has 1 saturated heterocycles. The molecular weight excluding hydrogens is 409 g/mol. The number of rotatable bonds is 6. The molecule has 1 aromatic carbocycles. The predicted octanol–water partition coefficient (Wildman–Crippen LogP) is 3.66. The van der Waals surface area contributed by atoms with Gasteiger partial charge in [0.1, 0.15) is 17.4 Å². The van der Waals surface area contributed by atoms with Gasteiger partial charge in [0.15, 0.2) is 0 Å². The molecule has 0 bridgehead atoms. The first-order valence-electron chi connectivity index (χ1n) is 8.35. The molecule has 10 heteroatoms. The Morgan fingerprint density at radius 2 is 2.00 bits per heavy atom. The summed E-state index contributed by atoms with van der Waals surface area (Å²) < 4.78 is 21.3. The molecule has 2 unspecified atom stereocenters. The van der Waals surface area contributed by atoms with Crippen LogP contribution in [0.15, 0.2) is 24.3 Å². The van der Waals surface area contributed by atoms with Crippen LogP contribution in [-0.4, -0.2) is 43.2 Å². The molecule has 27 heavy (non-hydrogen) atoms. The van der Waals surface area contributed by atoms with E-state index in [1.165, 1.54) is 18.5 Å². The summed E-state index contributed by atoms with van der Waals surface area (Å²) in [5.74, 6) is 0.908. The van der Waals surface area contributed by atoms with Gasteiger partial charge in [-0.05, 0) is 50.3 Å². The Morgan fingerprint density at radius 1 is 1.33 bits per heavy atom. The number of carbonyl (C=O) groups is 2. The first-order valence-corrected chi connectivity index (χ1v) is 12.6. The van der Waals surface area contributed by atoms with E-state index in [0.29, 0.717) is 12.4 Å². The largest absolute Gasteiger partial charge is 0.467 e. The lowest BCUT2D eigenvalue weighted by Gasteiger charge is -2.22. The van der Waals surface area contributed by atoms with E-state index in [9.17, 15) is 9.59 Å². The molecule has 0 radical (unpaired) electrons. The molecule has 0 spiro atoms. The molecule has 1 fully saturated rings. The van der Waals surface area contributed by atoms with Gasteiger partial charge in [-0.2, -0.15) is 0 Å². The number of hydrogen-bond donors (Lipinski definition) is 1. The van der Waals surface area contributed by atoms with Gasteiger partial charge in [-0.25, -0.2) is 9.59 Å². The number of esters is 1. The summed E-state index contributed by atoms with van der Waals surface area (Å²) in [6.45, 7) is 5.86. The Kier molecular flexibility index (Phi) is 7.56. The van der Waals surface area contributed by atoms with Crippen molar-refractivity contribution in [1.82, 2.24) is 5.32 Å². The summed E-state index contributed by atoms with van der Waals surface area (Å²) >= 11 is 6.93. The van der Waals surface area contributed by atoms with Crippen molar-refractivity contribution in [3.05, 3.63) is 29.8 Å². The number of benzene rings is 1. The van der Waals surface area contributed by atoms with Crippen LogP contribution in [0.1, 0.15) is 26.3 Å². The van der Waals surface area contributed by atoms with Crippen molar-refractivity contribution in [3.63, 3.8) is 0 Å². The van der Waals surface area contributed by atoms with Gasteiger partial charge in [0.2, 0.25) is 0 Å². The van der Waals surface area contributed by atoms with Gasteiger partial charge >= 0.3 is 12.1 Å². The number of ether oxygens (including phenoxy) is 2. The van der Waals surface area contributed by atoms with Crippen LogP contribution in [-0.2, 0) is 37.0 Å². The highest BCUT2D eigenvalue weighted by atomic mass is 32.9. The summed E-state index contributed by atoms with van der Waals surface area (Å²) in [4.78, 5) is 24.0. The van der Waals surface area contributed by atoms with Gasteiger partial charge in [-0.3, -0.25) is 0 Å². The van der Waals surface area contributed by atoms with Gasteiger partial charge in [0, 0.05) is 12.2 Å². The molecule has 7 nitrogen and oxygen atoms in total. The molecule has 0 aliphatic carbocycles.